The minimum Gasteiger partial charge on any atom is -0.389 e. The first-order chi connectivity index (χ1) is 6.66. The van der Waals surface area contributed by atoms with Crippen LogP contribution in [0.1, 0.15) is 19.5 Å². The molecule has 5 heteroatoms. The average molecular weight is 198 g/mol. The highest BCUT2D eigenvalue weighted by Crippen LogP contribution is 2.10. The zero-order chi connectivity index (χ0) is 10.7. The number of aromatic amines is 1. The molecule has 2 heterocycles. The summed E-state index contributed by atoms with van der Waals surface area (Å²) in [4.78, 5) is 16.7. The monoisotopic (exact) mass is 198 g/mol. The summed E-state index contributed by atoms with van der Waals surface area (Å²) in [5, 5.41) is 0. The van der Waals surface area contributed by atoms with Gasteiger partial charge in [0.05, 0.1) is 5.69 Å². The molecule has 0 atom stereocenters. The Labute approximate surface area is 79.8 Å². The van der Waals surface area contributed by atoms with E-state index in [1.807, 2.05) is 13.8 Å². The van der Waals surface area contributed by atoms with Crippen LogP contribution in [0.2, 0.25) is 0 Å². The number of H-pyrrole nitrogens is 1. The summed E-state index contributed by atoms with van der Waals surface area (Å²) in [6.45, 7) is 5.50. The van der Waals surface area contributed by atoms with Gasteiger partial charge < -0.3 is 4.42 Å². The van der Waals surface area contributed by atoms with Crippen LogP contribution in [0.5, 0.6) is 0 Å². The van der Waals surface area contributed by atoms with Crippen LogP contribution in [-0.4, -0.2) is 9.97 Å². The SMILES string of the molecule is CC.Cc1nc2oc(=O)[nH]c2cc1F. The highest BCUT2D eigenvalue weighted by atomic mass is 19.1. The van der Waals surface area contributed by atoms with E-state index >= 15 is 0 Å². The van der Waals surface area contributed by atoms with Gasteiger partial charge in [-0.3, -0.25) is 4.98 Å². The number of fused-ring (bicyclic) bond motifs is 1. The van der Waals surface area contributed by atoms with Crippen LogP contribution in [0.3, 0.4) is 0 Å². The number of rotatable bonds is 0. The Hall–Kier alpha value is -1.65. The van der Waals surface area contributed by atoms with Gasteiger partial charge in [-0.25, -0.2) is 14.2 Å². The fourth-order valence-electron chi connectivity index (χ4n) is 0.949. The Morgan fingerprint density at radius 3 is 2.79 bits per heavy atom. The number of aromatic nitrogens is 2. The second-order valence-corrected chi connectivity index (χ2v) is 2.42. The summed E-state index contributed by atoms with van der Waals surface area (Å²) in [6.07, 6.45) is 0. The molecule has 2 aromatic rings. The summed E-state index contributed by atoms with van der Waals surface area (Å²) in [5.41, 5.74) is 0.632. The number of pyridine rings is 1. The third-order valence-electron chi connectivity index (χ3n) is 1.54. The van der Waals surface area contributed by atoms with E-state index in [2.05, 4.69) is 14.4 Å². The summed E-state index contributed by atoms with van der Waals surface area (Å²) in [6, 6.07) is 1.18. The highest BCUT2D eigenvalue weighted by molar-refractivity contribution is 5.67. The minimum absolute atomic E-state index is 0.138. The van der Waals surface area contributed by atoms with E-state index in [1.165, 1.54) is 13.0 Å². The Morgan fingerprint density at radius 2 is 2.14 bits per heavy atom. The van der Waals surface area contributed by atoms with Crippen LogP contribution in [-0.2, 0) is 0 Å². The molecule has 2 rings (SSSR count). The predicted molar refractivity (Wildman–Crippen MR) is 50.7 cm³/mol. The third-order valence-corrected chi connectivity index (χ3v) is 1.54. The van der Waals surface area contributed by atoms with Crippen molar-refractivity contribution in [2.45, 2.75) is 20.8 Å². The van der Waals surface area contributed by atoms with Gasteiger partial charge in [-0.15, -0.1) is 0 Å². The van der Waals surface area contributed by atoms with Crippen LogP contribution in [0.25, 0.3) is 11.2 Å². The normalized spacial score (nSPS) is 9.71. The van der Waals surface area contributed by atoms with E-state index in [-0.39, 0.29) is 16.9 Å². The molecule has 0 aliphatic rings. The van der Waals surface area contributed by atoms with E-state index in [1.54, 1.807) is 0 Å². The Bertz CT molecular complexity index is 445. The molecule has 0 spiro atoms. The molecule has 0 unspecified atom stereocenters. The minimum atomic E-state index is -0.623. The lowest BCUT2D eigenvalue weighted by molar-refractivity contribution is 0.541. The van der Waals surface area contributed by atoms with Crippen molar-refractivity contribution in [1.29, 1.82) is 0 Å². The molecular formula is C9H11FN2O2. The van der Waals surface area contributed by atoms with Gasteiger partial charge in [0.2, 0.25) is 5.71 Å². The van der Waals surface area contributed by atoms with Crippen molar-refractivity contribution < 1.29 is 8.81 Å². The number of nitrogens with one attached hydrogen (secondary N) is 1. The van der Waals surface area contributed by atoms with E-state index in [4.69, 9.17) is 0 Å². The molecule has 0 saturated heterocycles. The fourth-order valence-corrected chi connectivity index (χ4v) is 0.949. The maximum atomic E-state index is 12.8. The molecule has 0 radical (unpaired) electrons. The molecule has 0 aromatic carbocycles. The van der Waals surface area contributed by atoms with E-state index < -0.39 is 11.6 Å². The lowest BCUT2D eigenvalue weighted by Crippen LogP contribution is -1.92. The first-order valence-electron chi connectivity index (χ1n) is 4.33. The summed E-state index contributed by atoms with van der Waals surface area (Å²) < 4.78 is 17.4. The smallest absolute Gasteiger partial charge is 0.389 e. The molecule has 1 N–H and O–H groups in total. The number of aryl methyl sites for hydroxylation is 1. The van der Waals surface area contributed by atoms with Gasteiger partial charge >= 0.3 is 5.76 Å². The van der Waals surface area contributed by atoms with E-state index in [0.717, 1.165) is 0 Å². The lowest BCUT2D eigenvalue weighted by Gasteiger charge is -1.91. The van der Waals surface area contributed by atoms with Crippen molar-refractivity contribution >= 4 is 11.2 Å². The first kappa shape index (κ1) is 10.4. The van der Waals surface area contributed by atoms with Gasteiger partial charge in [-0.05, 0) is 6.92 Å². The van der Waals surface area contributed by atoms with Crippen molar-refractivity contribution in [3.05, 3.63) is 28.1 Å². The highest BCUT2D eigenvalue weighted by Gasteiger charge is 2.06. The summed E-state index contributed by atoms with van der Waals surface area (Å²) >= 11 is 0. The molecule has 0 aliphatic heterocycles. The molecule has 4 nitrogen and oxygen atoms in total. The first-order valence-corrected chi connectivity index (χ1v) is 4.33. The van der Waals surface area contributed by atoms with Gasteiger partial charge in [-0.2, -0.15) is 0 Å². The van der Waals surface area contributed by atoms with Gasteiger partial charge in [0, 0.05) is 6.07 Å². The molecular weight excluding hydrogens is 187 g/mol. The fraction of sp³-hybridized carbons (Fsp3) is 0.333. The number of hydrogen-bond donors (Lipinski definition) is 1. The quantitative estimate of drug-likeness (QED) is 0.704. The maximum Gasteiger partial charge on any atom is 0.418 e. The molecule has 0 saturated carbocycles. The molecule has 2 aromatic heterocycles. The third kappa shape index (κ3) is 1.81. The van der Waals surface area contributed by atoms with Crippen molar-refractivity contribution in [2.24, 2.45) is 0 Å². The number of halogens is 1. The number of hydrogen-bond acceptors (Lipinski definition) is 3. The Balaban J connectivity index is 0.000000461. The van der Waals surface area contributed by atoms with Gasteiger partial charge in [0.15, 0.2) is 0 Å². The van der Waals surface area contributed by atoms with Crippen LogP contribution in [0.4, 0.5) is 4.39 Å². The van der Waals surface area contributed by atoms with Crippen molar-refractivity contribution in [3.8, 4) is 0 Å². The number of nitrogens with zero attached hydrogens (tertiary/aromatic N) is 1. The molecule has 14 heavy (non-hydrogen) atoms. The lowest BCUT2D eigenvalue weighted by atomic mass is 10.3. The van der Waals surface area contributed by atoms with Crippen molar-refractivity contribution in [3.63, 3.8) is 0 Å². The van der Waals surface area contributed by atoms with Gasteiger partial charge in [0.25, 0.3) is 0 Å². The van der Waals surface area contributed by atoms with Crippen molar-refractivity contribution in [2.75, 3.05) is 0 Å². The maximum absolute atomic E-state index is 12.8. The molecule has 0 fully saturated rings. The zero-order valence-electron chi connectivity index (χ0n) is 8.22. The van der Waals surface area contributed by atoms with Gasteiger partial charge in [-0.1, -0.05) is 13.8 Å². The largest absolute Gasteiger partial charge is 0.418 e. The summed E-state index contributed by atoms with van der Waals surface area (Å²) in [5.74, 6) is -1.08. The molecule has 0 aliphatic carbocycles. The zero-order valence-corrected chi connectivity index (χ0v) is 8.22. The molecule has 0 amide bonds. The van der Waals surface area contributed by atoms with E-state index in [0.29, 0.717) is 0 Å². The van der Waals surface area contributed by atoms with Crippen molar-refractivity contribution in [1.82, 2.24) is 9.97 Å². The topological polar surface area (TPSA) is 58.9 Å². The standard InChI is InChI=1S/C7H5FN2O2.C2H6/c1-3-4(8)2-5-6(9-3)12-7(11)10-5;1-2/h2H,1H3,(H,10,11);1-2H3. The second-order valence-electron chi connectivity index (χ2n) is 2.42. The van der Waals surface area contributed by atoms with Crippen LogP contribution in [0.15, 0.2) is 15.3 Å². The number of oxazole rings is 1. The molecule has 76 valence electrons. The second kappa shape index (κ2) is 4.04. The van der Waals surface area contributed by atoms with Crippen LogP contribution >= 0.6 is 0 Å². The predicted octanol–water partition coefficient (Wildman–Crippen LogP) is 1.99. The van der Waals surface area contributed by atoms with Crippen LogP contribution < -0.4 is 5.76 Å². The summed E-state index contributed by atoms with van der Waals surface area (Å²) in [7, 11) is 0. The van der Waals surface area contributed by atoms with E-state index in [9.17, 15) is 9.18 Å². The Morgan fingerprint density at radius 1 is 1.50 bits per heavy atom. The average Bonchev–Trinajstić information content (AvgIpc) is 2.49. The van der Waals surface area contributed by atoms with Gasteiger partial charge in [0.1, 0.15) is 11.3 Å². The van der Waals surface area contributed by atoms with Crippen LogP contribution in [0, 0.1) is 12.7 Å². The molecule has 0 bridgehead atoms. The Kier molecular flexibility index (Phi) is 3.01.